The first-order valence-electron chi connectivity index (χ1n) is 3.95. The van der Waals surface area contributed by atoms with Crippen molar-refractivity contribution in [2.45, 2.75) is 20.8 Å². The molecule has 70 valence electrons. The maximum Gasteiger partial charge on any atom is 0.216 e. The van der Waals surface area contributed by atoms with Crippen LogP contribution in [0.1, 0.15) is 20.8 Å². The topological polar surface area (TPSA) is 46.2 Å². The molecule has 0 spiro atoms. The molecule has 0 bridgehead atoms. The van der Waals surface area contributed by atoms with Crippen molar-refractivity contribution in [3.8, 4) is 0 Å². The lowest BCUT2D eigenvalue weighted by Gasteiger charge is -2.03. The van der Waals surface area contributed by atoms with Crippen LogP contribution in [-0.4, -0.2) is 23.3 Å². The van der Waals surface area contributed by atoms with Crippen molar-refractivity contribution in [1.29, 1.82) is 0 Å². The number of carbonyl (C=O) groups is 2. The number of hydrogen-bond acceptors (Lipinski definition) is 3. The van der Waals surface area contributed by atoms with Crippen LogP contribution in [0.3, 0.4) is 0 Å². The van der Waals surface area contributed by atoms with Gasteiger partial charge in [0.15, 0.2) is 5.12 Å². The lowest BCUT2D eigenvalue weighted by Crippen LogP contribution is -2.23. The van der Waals surface area contributed by atoms with Crippen LogP contribution in [0.5, 0.6) is 0 Å². The Morgan fingerprint density at radius 3 is 2.42 bits per heavy atom. The maximum atomic E-state index is 11.0. The second-order valence-corrected chi connectivity index (χ2v) is 3.90. The molecular weight excluding hydrogens is 174 g/mol. The first-order chi connectivity index (χ1) is 5.54. The van der Waals surface area contributed by atoms with Crippen molar-refractivity contribution in [3.05, 3.63) is 0 Å². The molecule has 0 rings (SSSR count). The molecule has 0 aromatic rings. The highest BCUT2D eigenvalue weighted by molar-refractivity contribution is 8.13. The van der Waals surface area contributed by atoms with Crippen molar-refractivity contribution in [3.63, 3.8) is 0 Å². The minimum atomic E-state index is -0.0485. The summed E-state index contributed by atoms with van der Waals surface area (Å²) in [5.74, 6) is 0.691. The van der Waals surface area contributed by atoms with Crippen LogP contribution in [0.2, 0.25) is 0 Å². The minimum absolute atomic E-state index is 0.0485. The zero-order valence-electron chi connectivity index (χ0n) is 7.72. The van der Waals surface area contributed by atoms with Gasteiger partial charge in [0.25, 0.3) is 0 Å². The Morgan fingerprint density at radius 2 is 2.00 bits per heavy atom. The number of rotatable bonds is 4. The van der Waals surface area contributed by atoms with Crippen LogP contribution < -0.4 is 5.32 Å². The van der Waals surface area contributed by atoms with Crippen LogP contribution >= 0.6 is 11.8 Å². The van der Waals surface area contributed by atoms with Crippen molar-refractivity contribution < 1.29 is 9.59 Å². The molecule has 0 fully saturated rings. The Kier molecular flexibility index (Phi) is 5.80. The second kappa shape index (κ2) is 6.06. The Morgan fingerprint density at radius 1 is 1.42 bits per heavy atom. The number of thioether (sulfide) groups is 1. The highest BCUT2D eigenvalue weighted by atomic mass is 32.2. The molecule has 0 aliphatic rings. The van der Waals surface area contributed by atoms with Crippen molar-refractivity contribution in [2.75, 3.05) is 12.3 Å². The van der Waals surface area contributed by atoms with E-state index in [9.17, 15) is 9.59 Å². The van der Waals surface area contributed by atoms with Gasteiger partial charge in [-0.1, -0.05) is 25.6 Å². The van der Waals surface area contributed by atoms with E-state index in [1.54, 1.807) is 0 Å². The number of hydrogen-bond donors (Lipinski definition) is 1. The third kappa shape index (κ3) is 6.22. The summed E-state index contributed by atoms with van der Waals surface area (Å²) in [6.45, 7) is 5.77. The molecule has 0 saturated heterocycles. The van der Waals surface area contributed by atoms with Gasteiger partial charge in [0.2, 0.25) is 5.91 Å². The Balaban J connectivity index is 3.32. The fraction of sp³-hybridized carbons (Fsp3) is 0.750. The van der Waals surface area contributed by atoms with E-state index in [-0.39, 0.29) is 16.9 Å². The molecule has 4 heteroatoms. The molecule has 0 atom stereocenters. The van der Waals surface area contributed by atoms with Gasteiger partial charge < -0.3 is 5.32 Å². The van der Waals surface area contributed by atoms with E-state index in [1.165, 1.54) is 18.7 Å². The molecule has 0 aromatic carbocycles. The fourth-order valence-corrected chi connectivity index (χ4v) is 1.28. The smallest absolute Gasteiger partial charge is 0.216 e. The summed E-state index contributed by atoms with van der Waals surface area (Å²) >= 11 is 1.27. The Labute approximate surface area is 77.3 Å². The average Bonchev–Trinajstić information content (AvgIpc) is 1.97. The summed E-state index contributed by atoms with van der Waals surface area (Å²) in [5, 5.41) is 2.81. The summed E-state index contributed by atoms with van der Waals surface area (Å²) in [4.78, 5) is 21.5. The van der Waals surface area contributed by atoms with Gasteiger partial charge in [0, 0.05) is 25.1 Å². The SMILES string of the molecule is CC(=O)NCCSC(=O)C(C)C. The van der Waals surface area contributed by atoms with Gasteiger partial charge in [-0.05, 0) is 0 Å². The summed E-state index contributed by atoms with van der Waals surface area (Å²) in [6, 6.07) is 0. The molecule has 12 heavy (non-hydrogen) atoms. The second-order valence-electron chi connectivity index (χ2n) is 2.81. The first-order valence-corrected chi connectivity index (χ1v) is 4.93. The Bertz CT molecular complexity index is 168. The third-order valence-corrected chi connectivity index (χ3v) is 2.36. The van der Waals surface area contributed by atoms with Crippen LogP contribution in [0.25, 0.3) is 0 Å². The monoisotopic (exact) mass is 189 g/mol. The first kappa shape index (κ1) is 11.5. The molecule has 1 amide bonds. The summed E-state index contributed by atoms with van der Waals surface area (Å²) in [7, 11) is 0. The van der Waals surface area contributed by atoms with Gasteiger partial charge >= 0.3 is 0 Å². The summed E-state index contributed by atoms with van der Waals surface area (Å²) in [5.41, 5.74) is 0. The van der Waals surface area contributed by atoms with E-state index in [1.807, 2.05) is 13.8 Å². The van der Waals surface area contributed by atoms with Gasteiger partial charge in [-0.15, -0.1) is 0 Å². The molecule has 0 aliphatic carbocycles. The lowest BCUT2D eigenvalue weighted by atomic mass is 10.3. The normalized spacial score (nSPS) is 10.0. The van der Waals surface area contributed by atoms with Crippen LogP contribution in [0, 0.1) is 5.92 Å². The standard InChI is InChI=1S/C8H15NO2S/c1-6(2)8(11)12-5-4-9-7(3)10/h6H,4-5H2,1-3H3,(H,9,10). The van der Waals surface area contributed by atoms with Crippen molar-refractivity contribution in [2.24, 2.45) is 5.92 Å². The molecule has 1 N–H and O–H groups in total. The van der Waals surface area contributed by atoms with Crippen molar-refractivity contribution in [1.82, 2.24) is 5.32 Å². The van der Waals surface area contributed by atoms with Gasteiger partial charge in [-0.25, -0.2) is 0 Å². The lowest BCUT2D eigenvalue weighted by molar-refractivity contribution is -0.119. The maximum absolute atomic E-state index is 11.0. The number of nitrogens with one attached hydrogen (secondary N) is 1. The van der Waals surface area contributed by atoms with E-state index in [4.69, 9.17) is 0 Å². The molecular formula is C8H15NO2S. The molecule has 0 radical (unpaired) electrons. The van der Waals surface area contributed by atoms with Crippen LogP contribution in [0.4, 0.5) is 0 Å². The molecule has 0 aromatic heterocycles. The van der Waals surface area contributed by atoms with Gasteiger partial charge in [-0.2, -0.15) is 0 Å². The highest BCUT2D eigenvalue weighted by Crippen LogP contribution is 2.08. The minimum Gasteiger partial charge on any atom is -0.356 e. The predicted molar refractivity (Wildman–Crippen MR) is 51.0 cm³/mol. The van der Waals surface area contributed by atoms with Crippen LogP contribution in [-0.2, 0) is 9.59 Å². The molecule has 0 aliphatic heterocycles. The fourth-order valence-electron chi connectivity index (χ4n) is 0.545. The number of carbonyl (C=O) groups excluding carboxylic acids is 2. The van der Waals surface area contributed by atoms with E-state index in [0.29, 0.717) is 12.3 Å². The molecule has 0 saturated carbocycles. The zero-order chi connectivity index (χ0) is 9.56. The van der Waals surface area contributed by atoms with Gasteiger partial charge in [-0.3, -0.25) is 9.59 Å². The summed E-state index contributed by atoms with van der Waals surface area (Å²) < 4.78 is 0. The molecule has 0 unspecified atom stereocenters. The molecule has 3 nitrogen and oxygen atoms in total. The Hall–Kier alpha value is -0.510. The zero-order valence-corrected chi connectivity index (χ0v) is 8.53. The van der Waals surface area contributed by atoms with Crippen LogP contribution in [0.15, 0.2) is 0 Å². The molecule has 0 heterocycles. The van der Waals surface area contributed by atoms with Gasteiger partial charge in [0.05, 0.1) is 0 Å². The third-order valence-electron chi connectivity index (χ3n) is 1.19. The van der Waals surface area contributed by atoms with E-state index >= 15 is 0 Å². The average molecular weight is 189 g/mol. The number of amides is 1. The van der Waals surface area contributed by atoms with E-state index in [0.717, 1.165) is 0 Å². The quantitative estimate of drug-likeness (QED) is 0.672. The van der Waals surface area contributed by atoms with E-state index in [2.05, 4.69) is 5.32 Å². The van der Waals surface area contributed by atoms with Gasteiger partial charge in [0.1, 0.15) is 0 Å². The summed E-state index contributed by atoms with van der Waals surface area (Å²) in [6.07, 6.45) is 0. The van der Waals surface area contributed by atoms with Crippen molar-refractivity contribution >= 4 is 22.8 Å². The highest BCUT2D eigenvalue weighted by Gasteiger charge is 2.06. The van der Waals surface area contributed by atoms with E-state index < -0.39 is 0 Å². The largest absolute Gasteiger partial charge is 0.356 e. The predicted octanol–water partition coefficient (Wildman–Crippen LogP) is 1.04.